The molecule has 120 valence electrons. The molecule has 1 aromatic carbocycles. The molecule has 0 aliphatic carbocycles. The van der Waals surface area contributed by atoms with Crippen LogP contribution in [-0.2, 0) is 20.9 Å². The molecule has 1 aliphatic heterocycles. The van der Waals surface area contributed by atoms with Gasteiger partial charge in [0.05, 0.1) is 20.6 Å². The van der Waals surface area contributed by atoms with Crippen molar-refractivity contribution in [2.24, 2.45) is 5.92 Å². The van der Waals surface area contributed by atoms with Crippen LogP contribution in [0.15, 0.2) is 24.3 Å². The lowest BCUT2D eigenvalue weighted by Gasteiger charge is -2.50. The molecule has 2 rings (SSSR count). The van der Waals surface area contributed by atoms with Crippen molar-refractivity contribution in [3.05, 3.63) is 29.8 Å². The summed E-state index contributed by atoms with van der Waals surface area (Å²) in [5.74, 6) is 0.724. The highest BCUT2D eigenvalue weighted by Gasteiger charge is 2.57. The molecule has 1 aliphatic rings. The maximum atomic E-state index is 12.3. The summed E-state index contributed by atoms with van der Waals surface area (Å²) in [6.07, 6.45) is 0.843. The topological polar surface area (TPSA) is 55.8 Å². The lowest BCUT2D eigenvalue weighted by Crippen LogP contribution is -2.68. The third kappa shape index (κ3) is 2.93. The van der Waals surface area contributed by atoms with Gasteiger partial charge in [-0.05, 0) is 30.0 Å². The van der Waals surface area contributed by atoms with Crippen LogP contribution < -0.4 is 4.74 Å². The number of rotatable bonds is 6. The fourth-order valence-electron chi connectivity index (χ4n) is 3.05. The van der Waals surface area contributed by atoms with Crippen molar-refractivity contribution >= 4 is 11.9 Å². The predicted molar refractivity (Wildman–Crippen MR) is 82.4 cm³/mol. The quantitative estimate of drug-likeness (QED) is 0.598. The van der Waals surface area contributed by atoms with E-state index >= 15 is 0 Å². The van der Waals surface area contributed by atoms with Crippen LogP contribution in [0.3, 0.4) is 0 Å². The first kappa shape index (κ1) is 16.3. The molecule has 1 amide bonds. The number of hydrogen-bond donors (Lipinski definition) is 0. The summed E-state index contributed by atoms with van der Waals surface area (Å²) >= 11 is 0. The molecule has 0 bridgehead atoms. The van der Waals surface area contributed by atoms with Crippen LogP contribution in [0, 0.1) is 5.92 Å². The van der Waals surface area contributed by atoms with Gasteiger partial charge in [-0.25, -0.2) is 4.79 Å². The number of esters is 1. The maximum absolute atomic E-state index is 12.3. The van der Waals surface area contributed by atoms with Gasteiger partial charge in [0.1, 0.15) is 11.3 Å². The van der Waals surface area contributed by atoms with Crippen molar-refractivity contribution in [3.63, 3.8) is 0 Å². The minimum atomic E-state index is -0.820. The van der Waals surface area contributed by atoms with Gasteiger partial charge in [-0.3, -0.25) is 4.79 Å². The van der Waals surface area contributed by atoms with Crippen LogP contribution in [0.25, 0.3) is 0 Å². The smallest absolute Gasteiger partial charge is 0.332 e. The standard InChI is InChI=1S/C17H23NO4/c1-12(2)9-17(16(20)22-4)10-15(19)18(17)11-13-5-7-14(21-3)8-6-13/h5-8,12H,9-11H2,1-4H3. The van der Waals surface area contributed by atoms with Crippen molar-refractivity contribution < 1.29 is 19.1 Å². The van der Waals surface area contributed by atoms with Crippen LogP contribution in [0.5, 0.6) is 5.75 Å². The van der Waals surface area contributed by atoms with Crippen molar-refractivity contribution in [2.45, 2.75) is 38.8 Å². The number of hydrogen-bond acceptors (Lipinski definition) is 4. The zero-order valence-electron chi connectivity index (χ0n) is 13.6. The number of nitrogens with zero attached hydrogens (tertiary/aromatic N) is 1. The number of benzene rings is 1. The van der Waals surface area contributed by atoms with Gasteiger partial charge in [-0.1, -0.05) is 26.0 Å². The third-order valence-electron chi connectivity index (χ3n) is 4.07. The lowest BCUT2D eigenvalue weighted by atomic mass is 9.77. The first-order valence-electron chi connectivity index (χ1n) is 7.44. The molecule has 5 nitrogen and oxygen atoms in total. The zero-order chi connectivity index (χ0) is 16.3. The molecule has 5 heteroatoms. The third-order valence-corrected chi connectivity index (χ3v) is 4.07. The zero-order valence-corrected chi connectivity index (χ0v) is 13.6. The monoisotopic (exact) mass is 305 g/mol. The largest absolute Gasteiger partial charge is 0.497 e. The van der Waals surface area contributed by atoms with Gasteiger partial charge in [-0.2, -0.15) is 0 Å². The van der Waals surface area contributed by atoms with E-state index in [-0.39, 0.29) is 18.3 Å². The highest BCUT2D eigenvalue weighted by atomic mass is 16.5. The Labute approximate surface area is 131 Å². The molecule has 0 radical (unpaired) electrons. The van der Waals surface area contributed by atoms with E-state index < -0.39 is 5.54 Å². The molecule has 1 atom stereocenters. The molecule has 1 fully saturated rings. The second kappa shape index (κ2) is 6.38. The molecular weight excluding hydrogens is 282 g/mol. The van der Waals surface area contributed by atoms with E-state index in [1.54, 1.807) is 12.0 Å². The van der Waals surface area contributed by atoms with Gasteiger partial charge in [0.25, 0.3) is 0 Å². The molecule has 0 spiro atoms. The minimum absolute atomic E-state index is 0.0122. The first-order valence-corrected chi connectivity index (χ1v) is 7.44. The van der Waals surface area contributed by atoms with Crippen LogP contribution in [0.4, 0.5) is 0 Å². The molecule has 22 heavy (non-hydrogen) atoms. The van der Waals surface area contributed by atoms with Crippen LogP contribution >= 0.6 is 0 Å². The van der Waals surface area contributed by atoms with Gasteiger partial charge in [0.2, 0.25) is 5.91 Å². The maximum Gasteiger partial charge on any atom is 0.332 e. The highest BCUT2D eigenvalue weighted by molar-refractivity contribution is 5.99. The number of ether oxygens (including phenoxy) is 2. The van der Waals surface area contributed by atoms with E-state index in [1.807, 2.05) is 38.1 Å². The Bertz CT molecular complexity index is 552. The number of likely N-dealkylation sites (tertiary alicyclic amines) is 1. The highest BCUT2D eigenvalue weighted by Crippen LogP contribution is 2.40. The van der Waals surface area contributed by atoms with Crippen LogP contribution in [0.2, 0.25) is 0 Å². The van der Waals surface area contributed by atoms with E-state index in [1.165, 1.54) is 7.11 Å². The summed E-state index contributed by atoms with van der Waals surface area (Å²) in [4.78, 5) is 26.0. The lowest BCUT2D eigenvalue weighted by molar-refractivity contribution is -0.181. The fraction of sp³-hybridized carbons (Fsp3) is 0.529. The molecular formula is C17H23NO4. The Kier molecular flexibility index (Phi) is 4.74. The second-order valence-corrected chi connectivity index (χ2v) is 6.13. The molecule has 1 unspecified atom stereocenters. The van der Waals surface area contributed by atoms with Gasteiger partial charge in [0, 0.05) is 6.54 Å². The molecule has 0 N–H and O–H groups in total. The van der Waals surface area contributed by atoms with E-state index in [0.29, 0.717) is 18.9 Å². The van der Waals surface area contributed by atoms with Crippen molar-refractivity contribution in [1.29, 1.82) is 0 Å². The van der Waals surface area contributed by atoms with E-state index in [2.05, 4.69) is 0 Å². The summed E-state index contributed by atoms with van der Waals surface area (Å²) < 4.78 is 10.1. The number of amides is 1. The Balaban J connectivity index is 2.21. The number of carbonyl (C=O) groups is 2. The molecule has 1 saturated heterocycles. The predicted octanol–water partition coefficient (Wildman–Crippen LogP) is 2.39. The Hall–Kier alpha value is -2.04. The molecule has 0 aromatic heterocycles. The Morgan fingerprint density at radius 1 is 1.27 bits per heavy atom. The molecule has 1 heterocycles. The second-order valence-electron chi connectivity index (χ2n) is 6.13. The minimum Gasteiger partial charge on any atom is -0.497 e. The normalized spacial score (nSPS) is 20.8. The van der Waals surface area contributed by atoms with Crippen molar-refractivity contribution in [2.75, 3.05) is 14.2 Å². The molecule has 0 saturated carbocycles. The van der Waals surface area contributed by atoms with Crippen LogP contribution in [-0.4, -0.2) is 36.5 Å². The van der Waals surface area contributed by atoms with Gasteiger partial charge in [0.15, 0.2) is 0 Å². The summed E-state index contributed by atoms with van der Waals surface area (Å²) in [6, 6.07) is 7.51. The van der Waals surface area contributed by atoms with Gasteiger partial charge >= 0.3 is 5.97 Å². The summed E-state index contributed by atoms with van der Waals surface area (Å²) in [5.41, 5.74) is 0.144. The number of β-lactam (4-membered cyclic amide) rings is 1. The number of methoxy groups -OCH3 is 2. The fourth-order valence-corrected chi connectivity index (χ4v) is 3.05. The van der Waals surface area contributed by atoms with E-state index in [4.69, 9.17) is 9.47 Å². The average molecular weight is 305 g/mol. The number of carbonyl (C=O) groups excluding carboxylic acids is 2. The Morgan fingerprint density at radius 3 is 2.36 bits per heavy atom. The van der Waals surface area contributed by atoms with E-state index in [9.17, 15) is 9.59 Å². The van der Waals surface area contributed by atoms with E-state index in [0.717, 1.165) is 11.3 Å². The van der Waals surface area contributed by atoms with Gasteiger partial charge in [-0.15, -0.1) is 0 Å². The van der Waals surface area contributed by atoms with Gasteiger partial charge < -0.3 is 14.4 Å². The average Bonchev–Trinajstić information content (AvgIpc) is 2.51. The Morgan fingerprint density at radius 2 is 1.91 bits per heavy atom. The summed E-state index contributed by atoms with van der Waals surface area (Å²) in [7, 11) is 2.98. The van der Waals surface area contributed by atoms with Crippen molar-refractivity contribution in [1.82, 2.24) is 4.90 Å². The SMILES string of the molecule is COC(=O)C1(CC(C)C)CC(=O)N1Cc1ccc(OC)cc1. The van der Waals surface area contributed by atoms with Crippen molar-refractivity contribution in [3.8, 4) is 5.75 Å². The first-order chi connectivity index (χ1) is 10.4. The summed E-state index contributed by atoms with van der Waals surface area (Å²) in [6.45, 7) is 4.49. The van der Waals surface area contributed by atoms with Crippen LogP contribution in [0.1, 0.15) is 32.3 Å². The summed E-state index contributed by atoms with van der Waals surface area (Å²) in [5, 5.41) is 0. The molecule has 1 aromatic rings.